The summed E-state index contributed by atoms with van der Waals surface area (Å²) in [5.41, 5.74) is 2.60. The third kappa shape index (κ3) is 2.02. The van der Waals surface area contributed by atoms with Crippen molar-refractivity contribution in [2.75, 3.05) is 0 Å². The van der Waals surface area contributed by atoms with Crippen molar-refractivity contribution in [3.63, 3.8) is 0 Å². The molecule has 0 saturated carbocycles. The van der Waals surface area contributed by atoms with E-state index < -0.39 is 0 Å². The zero-order valence-corrected chi connectivity index (χ0v) is 6.57. The van der Waals surface area contributed by atoms with E-state index in [4.69, 9.17) is 5.41 Å². The summed E-state index contributed by atoms with van der Waals surface area (Å²) in [7, 11) is 0. The van der Waals surface area contributed by atoms with E-state index >= 15 is 0 Å². The Labute approximate surface area is 62.3 Å². The Bertz CT molecular complexity index is 193. The molecule has 0 aromatic rings. The van der Waals surface area contributed by atoms with E-state index in [0.29, 0.717) is 5.57 Å². The van der Waals surface area contributed by atoms with Crippen molar-refractivity contribution in [1.29, 1.82) is 5.41 Å². The quantitative estimate of drug-likeness (QED) is 0.454. The lowest BCUT2D eigenvalue weighted by Gasteiger charge is -2.02. The predicted octanol–water partition coefficient (Wildman–Crippen LogP) is 2.71. The van der Waals surface area contributed by atoms with Crippen LogP contribution in [0.2, 0.25) is 0 Å². The second kappa shape index (κ2) is 3.83. The predicted molar refractivity (Wildman–Crippen MR) is 46.5 cm³/mol. The van der Waals surface area contributed by atoms with Gasteiger partial charge in [-0.3, -0.25) is 0 Å². The number of rotatable bonds is 3. The van der Waals surface area contributed by atoms with E-state index in [1.807, 2.05) is 19.9 Å². The van der Waals surface area contributed by atoms with Crippen LogP contribution in [0.5, 0.6) is 0 Å². The van der Waals surface area contributed by atoms with Crippen LogP contribution in [0.3, 0.4) is 0 Å². The molecule has 1 N–H and O–H groups in total. The summed E-state index contributed by atoms with van der Waals surface area (Å²) in [6, 6.07) is 0. The molecule has 0 rings (SSSR count). The molecule has 0 aromatic carbocycles. The van der Waals surface area contributed by atoms with Gasteiger partial charge in [0.15, 0.2) is 0 Å². The maximum atomic E-state index is 6.89. The molecule has 0 radical (unpaired) electrons. The highest BCUT2D eigenvalue weighted by molar-refractivity contribution is 5.83. The Kier molecular flexibility index (Phi) is 3.40. The van der Waals surface area contributed by atoms with Crippen molar-refractivity contribution in [3.8, 4) is 0 Å². The van der Waals surface area contributed by atoms with Crippen molar-refractivity contribution in [2.45, 2.75) is 13.8 Å². The molecule has 0 fully saturated rings. The van der Waals surface area contributed by atoms with Crippen LogP contribution in [-0.4, -0.2) is 6.21 Å². The van der Waals surface area contributed by atoms with Gasteiger partial charge in [0.25, 0.3) is 0 Å². The fourth-order valence-corrected chi connectivity index (χ4v) is 0.515. The molecule has 1 heteroatoms. The smallest absolute Gasteiger partial charge is 0.0250 e. The van der Waals surface area contributed by atoms with Crippen LogP contribution >= 0.6 is 0 Å². The molecule has 0 aliphatic heterocycles. The minimum atomic E-state index is 0.676. The van der Waals surface area contributed by atoms with Gasteiger partial charge < -0.3 is 5.41 Å². The molecule has 0 amide bonds. The first-order valence-corrected chi connectivity index (χ1v) is 3.15. The third-order valence-corrected chi connectivity index (χ3v) is 1.47. The van der Waals surface area contributed by atoms with Crippen molar-refractivity contribution in [3.05, 3.63) is 36.0 Å². The highest BCUT2D eigenvalue weighted by atomic mass is 14.3. The summed E-state index contributed by atoms with van der Waals surface area (Å²) >= 11 is 0. The normalized spacial score (nSPS) is 10.8. The fourth-order valence-electron chi connectivity index (χ4n) is 0.515. The van der Waals surface area contributed by atoms with Crippen LogP contribution in [-0.2, 0) is 0 Å². The van der Waals surface area contributed by atoms with Gasteiger partial charge in [-0.2, -0.15) is 0 Å². The number of hydrogen-bond donors (Lipinski definition) is 1. The van der Waals surface area contributed by atoms with Crippen molar-refractivity contribution < 1.29 is 0 Å². The topological polar surface area (TPSA) is 23.9 Å². The van der Waals surface area contributed by atoms with Crippen LogP contribution in [0.15, 0.2) is 36.0 Å². The van der Waals surface area contributed by atoms with E-state index in [2.05, 4.69) is 13.2 Å². The summed E-state index contributed by atoms with van der Waals surface area (Å²) < 4.78 is 0. The lowest BCUT2D eigenvalue weighted by Crippen LogP contribution is -1.88. The highest BCUT2D eigenvalue weighted by Crippen LogP contribution is 2.12. The largest absolute Gasteiger partial charge is 0.308 e. The molecule has 0 spiro atoms. The minimum Gasteiger partial charge on any atom is -0.308 e. The van der Waals surface area contributed by atoms with E-state index in [-0.39, 0.29) is 0 Å². The van der Waals surface area contributed by atoms with Crippen LogP contribution in [0.1, 0.15) is 13.8 Å². The van der Waals surface area contributed by atoms with Crippen LogP contribution in [0, 0.1) is 5.41 Å². The van der Waals surface area contributed by atoms with Crippen molar-refractivity contribution >= 4 is 6.21 Å². The second-order valence-corrected chi connectivity index (χ2v) is 2.12. The van der Waals surface area contributed by atoms with Gasteiger partial charge >= 0.3 is 0 Å². The van der Waals surface area contributed by atoms with E-state index in [1.165, 1.54) is 6.21 Å². The molecule has 0 aliphatic carbocycles. The van der Waals surface area contributed by atoms with Crippen LogP contribution in [0.4, 0.5) is 0 Å². The van der Waals surface area contributed by atoms with Gasteiger partial charge in [0, 0.05) is 6.21 Å². The van der Waals surface area contributed by atoms with Gasteiger partial charge in [-0.05, 0) is 30.6 Å². The maximum Gasteiger partial charge on any atom is 0.0250 e. The minimum absolute atomic E-state index is 0.676. The monoisotopic (exact) mass is 135 g/mol. The molecule has 54 valence electrons. The Morgan fingerprint density at radius 2 is 1.90 bits per heavy atom. The molecule has 10 heavy (non-hydrogen) atoms. The van der Waals surface area contributed by atoms with Crippen molar-refractivity contribution in [2.24, 2.45) is 0 Å². The zero-order valence-electron chi connectivity index (χ0n) is 6.57. The first-order chi connectivity index (χ1) is 4.63. The van der Waals surface area contributed by atoms with E-state index in [0.717, 1.165) is 11.1 Å². The number of allylic oxidation sites excluding steroid dienone is 4. The summed E-state index contributed by atoms with van der Waals surface area (Å²) in [4.78, 5) is 0. The lowest BCUT2D eigenvalue weighted by molar-refractivity contribution is 1.39. The number of nitrogens with one attached hydrogen (secondary N) is 1. The SMILES string of the molecule is C=C(C=N)C(=C)/C(C)=C\C. The van der Waals surface area contributed by atoms with E-state index in [9.17, 15) is 0 Å². The molecule has 0 unspecified atom stereocenters. The highest BCUT2D eigenvalue weighted by Gasteiger charge is 1.96. The maximum absolute atomic E-state index is 6.89. The average molecular weight is 135 g/mol. The lowest BCUT2D eigenvalue weighted by atomic mass is 10.0. The molecule has 0 saturated heterocycles. The Morgan fingerprint density at radius 1 is 1.40 bits per heavy atom. The van der Waals surface area contributed by atoms with Gasteiger partial charge in [-0.15, -0.1) is 0 Å². The molecular formula is C9H13N. The molecule has 1 nitrogen and oxygen atoms in total. The van der Waals surface area contributed by atoms with Gasteiger partial charge in [0.05, 0.1) is 0 Å². The standard InChI is InChI=1S/C9H13N/c1-5-7(2)9(4)8(3)6-10/h5-6,10H,3-4H2,1-2H3/b7-5-,10-6?. The first-order valence-electron chi connectivity index (χ1n) is 3.15. The molecule has 0 aliphatic rings. The molecular weight excluding hydrogens is 122 g/mol. The van der Waals surface area contributed by atoms with Gasteiger partial charge in [0.2, 0.25) is 0 Å². The Balaban J connectivity index is 4.38. The number of hydrogen-bond acceptors (Lipinski definition) is 1. The van der Waals surface area contributed by atoms with Crippen LogP contribution < -0.4 is 0 Å². The fraction of sp³-hybridized carbons (Fsp3) is 0.222. The molecule has 0 atom stereocenters. The molecule has 0 aromatic heterocycles. The molecule has 0 bridgehead atoms. The van der Waals surface area contributed by atoms with E-state index in [1.54, 1.807) is 0 Å². The van der Waals surface area contributed by atoms with Crippen LogP contribution in [0.25, 0.3) is 0 Å². The Hall–Kier alpha value is -1.11. The summed E-state index contributed by atoms with van der Waals surface area (Å²) in [5, 5.41) is 6.89. The van der Waals surface area contributed by atoms with Gasteiger partial charge in [0.1, 0.15) is 0 Å². The zero-order chi connectivity index (χ0) is 8.15. The van der Waals surface area contributed by atoms with Gasteiger partial charge in [-0.1, -0.05) is 19.2 Å². The van der Waals surface area contributed by atoms with Crippen molar-refractivity contribution in [1.82, 2.24) is 0 Å². The second-order valence-electron chi connectivity index (χ2n) is 2.12. The average Bonchev–Trinajstić information content (AvgIpc) is 2.00. The summed E-state index contributed by atoms with van der Waals surface area (Å²) in [6.45, 7) is 11.3. The third-order valence-electron chi connectivity index (χ3n) is 1.47. The summed E-state index contributed by atoms with van der Waals surface area (Å²) in [5.74, 6) is 0. The Morgan fingerprint density at radius 3 is 2.20 bits per heavy atom. The first kappa shape index (κ1) is 8.89. The summed E-state index contributed by atoms with van der Waals surface area (Å²) in [6.07, 6.45) is 3.17. The van der Waals surface area contributed by atoms with Gasteiger partial charge in [-0.25, -0.2) is 0 Å². The molecule has 0 heterocycles.